The molecule has 0 saturated carbocycles. The van der Waals surface area contributed by atoms with Crippen molar-refractivity contribution < 1.29 is 9.53 Å². The first-order valence-corrected chi connectivity index (χ1v) is 8.59. The molecule has 2 aromatic rings. The van der Waals surface area contributed by atoms with Crippen LogP contribution in [-0.4, -0.2) is 23.0 Å². The van der Waals surface area contributed by atoms with Crippen molar-refractivity contribution in [2.24, 2.45) is 0 Å². The fourth-order valence-corrected chi connectivity index (χ4v) is 3.09. The lowest BCUT2D eigenvalue weighted by Crippen LogP contribution is -2.41. The molecular formula is C16H18ClIN2O2. The summed E-state index contributed by atoms with van der Waals surface area (Å²) in [6.45, 7) is 5.72. The third-order valence-corrected chi connectivity index (χ3v) is 4.53. The molecule has 4 nitrogen and oxygen atoms in total. The van der Waals surface area contributed by atoms with Crippen molar-refractivity contribution >= 4 is 51.0 Å². The van der Waals surface area contributed by atoms with Gasteiger partial charge in [0, 0.05) is 17.6 Å². The molecule has 0 radical (unpaired) electrons. The Kier molecular flexibility index (Phi) is 5.86. The molecule has 0 saturated heterocycles. The molecule has 1 aromatic carbocycles. The van der Waals surface area contributed by atoms with Crippen LogP contribution in [0.25, 0.3) is 10.9 Å². The van der Waals surface area contributed by atoms with Gasteiger partial charge in [-0.05, 0) is 61.1 Å². The smallest absolute Gasteiger partial charge is 0.260 e. The van der Waals surface area contributed by atoms with Crippen LogP contribution in [0.4, 0.5) is 0 Å². The van der Waals surface area contributed by atoms with E-state index in [0.29, 0.717) is 16.3 Å². The molecule has 2 rings (SSSR count). The topological polar surface area (TPSA) is 51.2 Å². The van der Waals surface area contributed by atoms with E-state index in [1.807, 2.05) is 32.0 Å². The van der Waals surface area contributed by atoms with Gasteiger partial charge in [-0.15, -0.1) is 0 Å². The molecule has 6 heteroatoms. The lowest BCUT2D eigenvalue weighted by molar-refractivity contribution is -0.127. The number of fused-ring (bicyclic) bond motifs is 1. The summed E-state index contributed by atoms with van der Waals surface area (Å²) in [5.74, 6) is 0.455. The SMILES string of the molecule is CC[C@H](C)NC(=O)[C@@H](C)Oc1c(I)cc(Cl)c2cccnc12. The van der Waals surface area contributed by atoms with Gasteiger partial charge >= 0.3 is 0 Å². The molecule has 0 fully saturated rings. The lowest BCUT2D eigenvalue weighted by atomic mass is 10.2. The molecule has 0 unspecified atom stereocenters. The van der Waals surface area contributed by atoms with Crippen LogP contribution in [0.1, 0.15) is 27.2 Å². The van der Waals surface area contributed by atoms with Crippen molar-refractivity contribution in [3.05, 3.63) is 33.0 Å². The van der Waals surface area contributed by atoms with Gasteiger partial charge in [0.15, 0.2) is 11.9 Å². The molecule has 0 bridgehead atoms. The largest absolute Gasteiger partial charge is 0.477 e. The van der Waals surface area contributed by atoms with Gasteiger partial charge in [0.25, 0.3) is 5.91 Å². The first-order chi connectivity index (χ1) is 10.4. The molecule has 1 heterocycles. The number of nitrogens with zero attached hydrogens (tertiary/aromatic N) is 1. The molecule has 0 aliphatic heterocycles. The van der Waals surface area contributed by atoms with E-state index in [9.17, 15) is 4.79 Å². The van der Waals surface area contributed by atoms with E-state index < -0.39 is 6.10 Å². The Morgan fingerprint density at radius 1 is 1.50 bits per heavy atom. The van der Waals surface area contributed by atoms with E-state index in [0.717, 1.165) is 15.4 Å². The van der Waals surface area contributed by atoms with Gasteiger partial charge in [0.05, 0.1) is 8.59 Å². The minimum atomic E-state index is -0.603. The molecule has 1 amide bonds. The van der Waals surface area contributed by atoms with E-state index in [2.05, 4.69) is 32.9 Å². The summed E-state index contributed by atoms with van der Waals surface area (Å²) in [7, 11) is 0. The zero-order chi connectivity index (χ0) is 16.3. The second-order valence-electron chi connectivity index (χ2n) is 5.15. The zero-order valence-electron chi connectivity index (χ0n) is 12.7. The number of aromatic nitrogens is 1. The van der Waals surface area contributed by atoms with Crippen molar-refractivity contribution in [3.63, 3.8) is 0 Å². The number of halogens is 2. The van der Waals surface area contributed by atoms with Crippen molar-refractivity contribution in [3.8, 4) is 5.75 Å². The first-order valence-electron chi connectivity index (χ1n) is 7.13. The monoisotopic (exact) mass is 432 g/mol. The number of amides is 1. The predicted molar refractivity (Wildman–Crippen MR) is 97.5 cm³/mol. The van der Waals surface area contributed by atoms with E-state index >= 15 is 0 Å². The number of rotatable bonds is 5. The van der Waals surface area contributed by atoms with Crippen molar-refractivity contribution in [2.45, 2.75) is 39.3 Å². The van der Waals surface area contributed by atoms with Crippen LogP contribution in [0, 0.1) is 3.57 Å². The van der Waals surface area contributed by atoms with Crippen molar-refractivity contribution in [1.29, 1.82) is 0 Å². The van der Waals surface area contributed by atoms with Gasteiger partial charge in [-0.2, -0.15) is 0 Å². The number of nitrogens with one attached hydrogen (secondary N) is 1. The highest BCUT2D eigenvalue weighted by Gasteiger charge is 2.20. The van der Waals surface area contributed by atoms with Crippen LogP contribution in [0.2, 0.25) is 5.02 Å². The second kappa shape index (κ2) is 7.46. The molecule has 0 spiro atoms. The number of hydrogen-bond donors (Lipinski definition) is 1. The first kappa shape index (κ1) is 17.3. The van der Waals surface area contributed by atoms with Crippen LogP contribution in [0.3, 0.4) is 0 Å². The standard InChI is InChI=1S/C16H18ClIN2O2/c1-4-9(2)20-16(21)10(3)22-15-13(18)8-12(17)11-6-5-7-19-14(11)15/h5-10H,4H2,1-3H3,(H,20,21)/t9-,10+/m0/s1. The maximum Gasteiger partial charge on any atom is 0.260 e. The molecular weight excluding hydrogens is 415 g/mol. The summed E-state index contributed by atoms with van der Waals surface area (Å²) in [5.41, 5.74) is 0.669. The highest BCUT2D eigenvalue weighted by Crippen LogP contribution is 2.35. The van der Waals surface area contributed by atoms with Gasteiger partial charge < -0.3 is 10.1 Å². The average Bonchev–Trinajstić information content (AvgIpc) is 2.50. The molecule has 118 valence electrons. The van der Waals surface area contributed by atoms with Crippen molar-refractivity contribution in [1.82, 2.24) is 10.3 Å². The van der Waals surface area contributed by atoms with Crippen LogP contribution in [-0.2, 0) is 4.79 Å². The van der Waals surface area contributed by atoms with Crippen LogP contribution < -0.4 is 10.1 Å². The summed E-state index contributed by atoms with van der Waals surface area (Å²) >= 11 is 8.38. The Bertz CT molecular complexity index is 693. The van der Waals surface area contributed by atoms with Gasteiger partial charge in [-0.25, -0.2) is 0 Å². The molecule has 22 heavy (non-hydrogen) atoms. The van der Waals surface area contributed by atoms with E-state index in [4.69, 9.17) is 16.3 Å². The fraction of sp³-hybridized carbons (Fsp3) is 0.375. The highest BCUT2D eigenvalue weighted by atomic mass is 127. The Morgan fingerprint density at radius 3 is 2.91 bits per heavy atom. The maximum atomic E-state index is 12.1. The zero-order valence-corrected chi connectivity index (χ0v) is 15.6. The Hall–Kier alpha value is -1.08. The maximum absolute atomic E-state index is 12.1. The van der Waals surface area contributed by atoms with Crippen LogP contribution in [0.5, 0.6) is 5.75 Å². The van der Waals surface area contributed by atoms with Gasteiger partial charge in [0.2, 0.25) is 0 Å². The number of hydrogen-bond acceptors (Lipinski definition) is 3. The molecule has 1 aromatic heterocycles. The van der Waals surface area contributed by atoms with Crippen LogP contribution >= 0.6 is 34.2 Å². The number of carbonyl (C=O) groups is 1. The number of pyridine rings is 1. The predicted octanol–water partition coefficient (Wildman–Crippen LogP) is 4.17. The number of ether oxygens (including phenoxy) is 1. The normalized spacial score (nSPS) is 13.7. The molecule has 0 aliphatic carbocycles. The van der Waals surface area contributed by atoms with Crippen molar-refractivity contribution in [2.75, 3.05) is 0 Å². The van der Waals surface area contributed by atoms with Crippen LogP contribution in [0.15, 0.2) is 24.4 Å². The Morgan fingerprint density at radius 2 is 2.23 bits per heavy atom. The minimum Gasteiger partial charge on any atom is -0.477 e. The molecule has 1 N–H and O–H groups in total. The fourth-order valence-electron chi connectivity index (χ4n) is 1.95. The van der Waals surface area contributed by atoms with E-state index in [1.165, 1.54) is 0 Å². The minimum absolute atomic E-state index is 0.123. The summed E-state index contributed by atoms with van der Waals surface area (Å²) < 4.78 is 6.71. The Labute approximate surface area is 148 Å². The summed E-state index contributed by atoms with van der Waals surface area (Å²) in [5, 5.41) is 4.35. The van der Waals surface area contributed by atoms with Gasteiger partial charge in [0.1, 0.15) is 5.52 Å². The molecule has 0 aliphatic rings. The van der Waals surface area contributed by atoms with Gasteiger partial charge in [-0.3, -0.25) is 9.78 Å². The number of benzene rings is 1. The summed E-state index contributed by atoms with van der Waals surface area (Å²) in [4.78, 5) is 16.5. The quantitative estimate of drug-likeness (QED) is 0.721. The highest BCUT2D eigenvalue weighted by molar-refractivity contribution is 14.1. The van der Waals surface area contributed by atoms with E-state index in [1.54, 1.807) is 13.1 Å². The summed E-state index contributed by atoms with van der Waals surface area (Å²) in [6, 6.07) is 5.65. The Balaban J connectivity index is 2.30. The third-order valence-electron chi connectivity index (χ3n) is 3.42. The van der Waals surface area contributed by atoms with E-state index in [-0.39, 0.29) is 11.9 Å². The summed E-state index contributed by atoms with van der Waals surface area (Å²) in [6.07, 6.45) is 1.96. The number of carbonyl (C=O) groups excluding carboxylic acids is 1. The van der Waals surface area contributed by atoms with Gasteiger partial charge in [-0.1, -0.05) is 18.5 Å². The second-order valence-corrected chi connectivity index (χ2v) is 6.72. The lowest BCUT2D eigenvalue weighted by Gasteiger charge is -2.19. The average molecular weight is 433 g/mol. The third kappa shape index (κ3) is 3.81. The molecule has 2 atom stereocenters.